The lowest BCUT2D eigenvalue weighted by Gasteiger charge is -2.24. The van der Waals surface area contributed by atoms with E-state index in [4.69, 9.17) is 16.2 Å². The first-order valence-electron chi connectivity index (χ1n) is 6.45. The van der Waals surface area contributed by atoms with E-state index in [2.05, 4.69) is 0 Å². The SMILES string of the molecule is CN1C(=O)Cc2ccc(C(N)COCC(N)=O)cc2C1=O. The summed E-state index contributed by atoms with van der Waals surface area (Å²) in [4.78, 5) is 35.4. The lowest BCUT2D eigenvalue weighted by atomic mass is 9.94. The summed E-state index contributed by atoms with van der Waals surface area (Å²) in [5.74, 6) is -1.13. The monoisotopic (exact) mass is 291 g/mol. The fourth-order valence-corrected chi connectivity index (χ4v) is 2.14. The quantitative estimate of drug-likeness (QED) is 0.699. The van der Waals surface area contributed by atoms with E-state index < -0.39 is 11.9 Å². The lowest BCUT2D eigenvalue weighted by molar-refractivity contribution is -0.127. The van der Waals surface area contributed by atoms with Gasteiger partial charge in [-0.05, 0) is 17.2 Å². The maximum Gasteiger partial charge on any atom is 0.260 e. The van der Waals surface area contributed by atoms with E-state index in [-0.39, 0.29) is 31.4 Å². The molecular weight excluding hydrogens is 274 g/mol. The first-order chi connectivity index (χ1) is 9.90. The molecule has 1 aliphatic rings. The van der Waals surface area contributed by atoms with Crippen LogP contribution in [0.2, 0.25) is 0 Å². The highest BCUT2D eigenvalue weighted by Crippen LogP contribution is 2.22. The number of amides is 3. The van der Waals surface area contributed by atoms with Crippen molar-refractivity contribution < 1.29 is 19.1 Å². The summed E-state index contributed by atoms with van der Waals surface area (Å²) in [6.07, 6.45) is 0.200. The number of carbonyl (C=O) groups is 3. The molecule has 3 amide bonds. The molecule has 1 aromatic rings. The molecule has 112 valence electrons. The number of ether oxygens (including phenoxy) is 1. The molecule has 0 saturated carbocycles. The van der Waals surface area contributed by atoms with Crippen LogP contribution in [0.4, 0.5) is 0 Å². The molecule has 1 heterocycles. The first-order valence-corrected chi connectivity index (χ1v) is 6.45. The average molecular weight is 291 g/mol. The Kier molecular flexibility index (Phi) is 4.35. The standard InChI is InChI=1S/C14H17N3O4/c1-17-13(19)5-8-2-3-9(4-10(8)14(17)20)11(15)6-21-7-12(16)18/h2-4,11H,5-7,15H2,1H3,(H2,16,18). The van der Waals surface area contributed by atoms with Gasteiger partial charge in [0.1, 0.15) is 6.61 Å². The topological polar surface area (TPSA) is 116 Å². The third kappa shape index (κ3) is 3.26. The highest BCUT2D eigenvalue weighted by Gasteiger charge is 2.28. The molecule has 0 spiro atoms. The van der Waals surface area contributed by atoms with Crippen molar-refractivity contribution in [2.24, 2.45) is 11.5 Å². The van der Waals surface area contributed by atoms with Crippen molar-refractivity contribution in [1.29, 1.82) is 0 Å². The number of hydrogen-bond acceptors (Lipinski definition) is 5. The Morgan fingerprint density at radius 2 is 2.14 bits per heavy atom. The fourth-order valence-electron chi connectivity index (χ4n) is 2.14. The molecule has 1 unspecified atom stereocenters. The van der Waals surface area contributed by atoms with E-state index in [1.54, 1.807) is 18.2 Å². The molecule has 1 aliphatic heterocycles. The van der Waals surface area contributed by atoms with Crippen molar-refractivity contribution in [3.63, 3.8) is 0 Å². The van der Waals surface area contributed by atoms with Gasteiger partial charge < -0.3 is 16.2 Å². The van der Waals surface area contributed by atoms with Crippen LogP contribution in [-0.2, 0) is 20.7 Å². The fraction of sp³-hybridized carbons (Fsp3) is 0.357. The van der Waals surface area contributed by atoms with Gasteiger partial charge in [-0.1, -0.05) is 12.1 Å². The molecule has 1 atom stereocenters. The Hall–Kier alpha value is -2.25. The average Bonchev–Trinajstić information content (AvgIpc) is 2.44. The van der Waals surface area contributed by atoms with Gasteiger partial charge >= 0.3 is 0 Å². The molecule has 2 rings (SSSR count). The summed E-state index contributed by atoms with van der Waals surface area (Å²) in [6, 6.07) is 4.66. The number of imide groups is 1. The summed E-state index contributed by atoms with van der Waals surface area (Å²) in [5.41, 5.74) is 12.8. The van der Waals surface area contributed by atoms with Crippen LogP contribution in [0.5, 0.6) is 0 Å². The zero-order chi connectivity index (χ0) is 15.6. The van der Waals surface area contributed by atoms with Crippen LogP contribution in [-0.4, -0.2) is 42.9 Å². The van der Waals surface area contributed by atoms with Crippen molar-refractivity contribution in [2.75, 3.05) is 20.3 Å². The zero-order valence-electron chi connectivity index (χ0n) is 11.7. The van der Waals surface area contributed by atoms with Gasteiger partial charge in [-0.25, -0.2) is 0 Å². The normalized spacial score (nSPS) is 15.8. The number of carbonyl (C=O) groups excluding carboxylic acids is 3. The van der Waals surface area contributed by atoms with Crippen molar-refractivity contribution in [2.45, 2.75) is 12.5 Å². The van der Waals surface area contributed by atoms with E-state index in [9.17, 15) is 14.4 Å². The predicted molar refractivity (Wildman–Crippen MR) is 74.2 cm³/mol. The highest BCUT2D eigenvalue weighted by atomic mass is 16.5. The molecule has 0 aliphatic carbocycles. The molecule has 21 heavy (non-hydrogen) atoms. The van der Waals surface area contributed by atoms with Crippen molar-refractivity contribution in [3.8, 4) is 0 Å². The largest absolute Gasteiger partial charge is 0.370 e. The van der Waals surface area contributed by atoms with Crippen molar-refractivity contribution in [3.05, 3.63) is 34.9 Å². The number of nitrogens with two attached hydrogens (primary N) is 2. The zero-order valence-corrected chi connectivity index (χ0v) is 11.7. The number of hydrogen-bond donors (Lipinski definition) is 2. The summed E-state index contributed by atoms with van der Waals surface area (Å²) < 4.78 is 5.07. The third-order valence-corrected chi connectivity index (χ3v) is 3.35. The molecular formula is C14H17N3O4. The number of likely N-dealkylation sites (N-methyl/N-ethyl adjacent to an activating group) is 1. The Labute approximate surface area is 121 Å². The lowest BCUT2D eigenvalue weighted by Crippen LogP contribution is -2.39. The molecule has 7 nitrogen and oxygen atoms in total. The van der Waals surface area contributed by atoms with Gasteiger partial charge in [0, 0.05) is 12.6 Å². The summed E-state index contributed by atoms with van der Waals surface area (Å²) in [5, 5.41) is 0. The van der Waals surface area contributed by atoms with E-state index in [0.717, 1.165) is 4.90 Å². The highest BCUT2D eigenvalue weighted by molar-refractivity contribution is 6.09. The predicted octanol–water partition coefficient (Wildman–Crippen LogP) is -0.657. The molecule has 4 N–H and O–H groups in total. The summed E-state index contributed by atoms with van der Waals surface area (Å²) >= 11 is 0. The third-order valence-electron chi connectivity index (χ3n) is 3.35. The Morgan fingerprint density at radius 1 is 1.43 bits per heavy atom. The second-order valence-electron chi connectivity index (χ2n) is 4.94. The Balaban J connectivity index is 2.15. The Morgan fingerprint density at radius 3 is 2.81 bits per heavy atom. The molecule has 0 radical (unpaired) electrons. The second-order valence-corrected chi connectivity index (χ2v) is 4.94. The molecule has 0 bridgehead atoms. The molecule has 0 fully saturated rings. The van der Waals surface area contributed by atoms with Crippen LogP contribution in [0.1, 0.15) is 27.5 Å². The van der Waals surface area contributed by atoms with Crippen LogP contribution in [0.15, 0.2) is 18.2 Å². The Bertz CT molecular complexity index is 600. The minimum absolute atomic E-state index is 0.116. The van der Waals surface area contributed by atoms with Crippen molar-refractivity contribution in [1.82, 2.24) is 4.90 Å². The smallest absolute Gasteiger partial charge is 0.260 e. The van der Waals surface area contributed by atoms with E-state index in [1.807, 2.05) is 0 Å². The second kappa shape index (κ2) is 6.02. The van der Waals surface area contributed by atoms with Crippen molar-refractivity contribution >= 4 is 17.7 Å². The number of nitrogens with zero attached hydrogens (tertiary/aromatic N) is 1. The van der Waals surface area contributed by atoms with Crippen LogP contribution >= 0.6 is 0 Å². The number of primary amides is 1. The van der Waals surface area contributed by atoms with Gasteiger partial charge in [0.15, 0.2) is 0 Å². The van der Waals surface area contributed by atoms with E-state index in [0.29, 0.717) is 16.7 Å². The molecule has 0 aromatic heterocycles. The maximum atomic E-state index is 12.1. The van der Waals surface area contributed by atoms with Gasteiger partial charge in [0.05, 0.1) is 19.1 Å². The van der Waals surface area contributed by atoms with Crippen LogP contribution in [0.25, 0.3) is 0 Å². The number of rotatable bonds is 5. The summed E-state index contributed by atoms with van der Waals surface area (Å²) in [6.45, 7) is -0.0838. The van der Waals surface area contributed by atoms with Crippen LogP contribution in [0.3, 0.4) is 0 Å². The minimum atomic E-state index is -0.567. The summed E-state index contributed by atoms with van der Waals surface area (Å²) in [7, 11) is 1.45. The van der Waals surface area contributed by atoms with E-state index >= 15 is 0 Å². The molecule has 0 saturated heterocycles. The number of fused-ring (bicyclic) bond motifs is 1. The van der Waals surface area contributed by atoms with Gasteiger partial charge in [-0.15, -0.1) is 0 Å². The minimum Gasteiger partial charge on any atom is -0.370 e. The van der Waals surface area contributed by atoms with Gasteiger partial charge in [-0.3, -0.25) is 19.3 Å². The van der Waals surface area contributed by atoms with Crippen LogP contribution in [0, 0.1) is 0 Å². The van der Waals surface area contributed by atoms with Crippen LogP contribution < -0.4 is 11.5 Å². The van der Waals surface area contributed by atoms with E-state index in [1.165, 1.54) is 7.05 Å². The molecule has 1 aromatic carbocycles. The first kappa shape index (κ1) is 15.1. The number of benzene rings is 1. The van der Waals surface area contributed by atoms with Gasteiger partial charge in [0.25, 0.3) is 5.91 Å². The maximum absolute atomic E-state index is 12.1. The molecule has 7 heteroatoms. The van der Waals surface area contributed by atoms with Gasteiger partial charge in [-0.2, -0.15) is 0 Å². The van der Waals surface area contributed by atoms with Gasteiger partial charge in [0.2, 0.25) is 11.8 Å².